The van der Waals surface area contributed by atoms with E-state index in [0.717, 1.165) is 6.42 Å². The summed E-state index contributed by atoms with van der Waals surface area (Å²) in [6.45, 7) is 8.65. The molecule has 1 aromatic carbocycles. The highest BCUT2D eigenvalue weighted by Crippen LogP contribution is 2.27. The third-order valence-corrected chi connectivity index (χ3v) is 4.24. The van der Waals surface area contributed by atoms with Crippen LogP contribution in [0.3, 0.4) is 0 Å². The monoisotopic (exact) mass is 442 g/mol. The summed E-state index contributed by atoms with van der Waals surface area (Å²) >= 11 is 3.10. The van der Waals surface area contributed by atoms with Crippen LogP contribution in [0.5, 0.6) is 0 Å². The second-order valence-electron chi connectivity index (χ2n) is 7.82. The highest BCUT2D eigenvalue weighted by Gasteiger charge is 2.27. The number of benzene rings is 1. The van der Waals surface area contributed by atoms with E-state index in [1.165, 1.54) is 18.2 Å². The minimum atomic E-state index is -0.414. The molecule has 1 aromatic heterocycles. The fourth-order valence-electron chi connectivity index (χ4n) is 2.89. The van der Waals surface area contributed by atoms with Crippen molar-refractivity contribution >= 4 is 33.3 Å². The topological polar surface area (TPSA) is 122 Å². The quantitative estimate of drug-likeness (QED) is 0.293. The Labute approximate surface area is 165 Å². The Morgan fingerprint density at radius 3 is 2.63 bits per heavy atom. The van der Waals surface area contributed by atoms with E-state index in [9.17, 15) is 9.60 Å². The van der Waals surface area contributed by atoms with Gasteiger partial charge in [0.1, 0.15) is 5.82 Å². The van der Waals surface area contributed by atoms with Gasteiger partial charge in [-0.2, -0.15) is 0 Å². The zero-order valence-corrected chi connectivity index (χ0v) is 17.3. The highest BCUT2D eigenvalue weighted by molar-refractivity contribution is 9.10. The second-order valence-corrected chi connectivity index (χ2v) is 8.67. The predicted molar refractivity (Wildman–Crippen MR) is 105 cm³/mol. The van der Waals surface area contributed by atoms with E-state index in [0.29, 0.717) is 18.1 Å². The molecule has 0 amide bonds. The van der Waals surface area contributed by atoms with Crippen LogP contribution in [-0.2, 0) is 0 Å². The molecule has 2 aromatic rings. The SMILES string of the molecule is CC(C)(N)CC(C)(C)CNc1nonc1C(=Nc1ccc(F)c(Br)c1)NO. The molecule has 0 unspecified atom stereocenters. The Balaban J connectivity index is 2.20. The maximum Gasteiger partial charge on any atom is 0.202 e. The normalized spacial score (nSPS) is 13.0. The first-order valence-corrected chi connectivity index (χ1v) is 9.10. The number of rotatable bonds is 7. The first kappa shape index (κ1) is 21.3. The number of hydrogen-bond donors (Lipinski definition) is 4. The van der Waals surface area contributed by atoms with Crippen LogP contribution < -0.4 is 16.5 Å². The van der Waals surface area contributed by atoms with Gasteiger partial charge in [0, 0.05) is 12.1 Å². The van der Waals surface area contributed by atoms with Crippen LogP contribution in [0.15, 0.2) is 32.3 Å². The molecule has 5 N–H and O–H groups in total. The molecule has 0 spiro atoms. The van der Waals surface area contributed by atoms with Crippen LogP contribution >= 0.6 is 15.9 Å². The number of anilines is 1. The highest BCUT2D eigenvalue weighted by atomic mass is 79.9. The standard InChI is InChI=1S/C17H24BrFN6O2/c1-16(2,8-17(3,4)20)9-21-14-13(24-27-25-14)15(23-26)22-10-5-6-12(19)11(18)7-10/h5-7,26H,8-9,20H2,1-4H3,(H,21,25)(H,22,23). The lowest BCUT2D eigenvalue weighted by atomic mass is 9.80. The molecule has 0 saturated heterocycles. The number of amidine groups is 1. The van der Waals surface area contributed by atoms with Crippen molar-refractivity contribution in [1.29, 1.82) is 0 Å². The summed E-state index contributed by atoms with van der Waals surface area (Å²) in [6, 6.07) is 4.19. The number of hydrogen-bond acceptors (Lipinski definition) is 7. The average Bonchev–Trinajstić information content (AvgIpc) is 3.00. The number of hydroxylamine groups is 1. The first-order valence-electron chi connectivity index (χ1n) is 8.30. The maximum atomic E-state index is 13.4. The van der Waals surface area contributed by atoms with Gasteiger partial charge in [-0.05, 0) is 70.1 Å². The maximum absolute atomic E-state index is 13.4. The van der Waals surface area contributed by atoms with Crippen molar-refractivity contribution in [2.45, 2.75) is 39.7 Å². The summed E-state index contributed by atoms with van der Waals surface area (Å²) in [7, 11) is 0. The van der Waals surface area contributed by atoms with E-state index in [1.807, 2.05) is 19.3 Å². The Bertz CT molecular complexity index is 816. The first-order chi connectivity index (χ1) is 12.5. The lowest BCUT2D eigenvalue weighted by molar-refractivity contribution is 0.234. The molecule has 0 fully saturated rings. The number of nitrogens with one attached hydrogen (secondary N) is 2. The molecule has 0 saturated carbocycles. The van der Waals surface area contributed by atoms with Crippen LogP contribution in [0.2, 0.25) is 0 Å². The molecule has 0 radical (unpaired) electrons. The van der Waals surface area contributed by atoms with Crippen molar-refractivity contribution in [1.82, 2.24) is 15.8 Å². The van der Waals surface area contributed by atoms with E-state index < -0.39 is 5.82 Å². The predicted octanol–water partition coefficient (Wildman–Crippen LogP) is 3.59. The van der Waals surface area contributed by atoms with Gasteiger partial charge in [0.05, 0.1) is 10.2 Å². The average molecular weight is 443 g/mol. The molecule has 2 rings (SSSR count). The molecule has 0 bridgehead atoms. The molecule has 27 heavy (non-hydrogen) atoms. The Kier molecular flexibility index (Phi) is 6.55. The molecule has 0 atom stereocenters. The fraction of sp³-hybridized carbons (Fsp3) is 0.471. The number of nitrogens with two attached hydrogens (primary N) is 1. The molecule has 148 valence electrons. The van der Waals surface area contributed by atoms with Crippen molar-refractivity contribution < 1.29 is 14.2 Å². The van der Waals surface area contributed by atoms with Crippen molar-refractivity contribution in [2.75, 3.05) is 11.9 Å². The minimum absolute atomic E-state index is 0.00854. The van der Waals surface area contributed by atoms with Gasteiger partial charge in [-0.3, -0.25) is 10.7 Å². The van der Waals surface area contributed by atoms with E-state index in [4.69, 9.17) is 10.4 Å². The minimum Gasteiger partial charge on any atom is -0.365 e. The van der Waals surface area contributed by atoms with Crippen molar-refractivity contribution in [3.8, 4) is 0 Å². The van der Waals surface area contributed by atoms with Gasteiger partial charge < -0.3 is 11.1 Å². The van der Waals surface area contributed by atoms with E-state index >= 15 is 0 Å². The Hall–Kier alpha value is -2.04. The van der Waals surface area contributed by atoms with Crippen LogP contribution in [-0.4, -0.2) is 33.4 Å². The second kappa shape index (κ2) is 8.32. The van der Waals surface area contributed by atoms with Gasteiger partial charge in [0.2, 0.25) is 5.82 Å². The summed E-state index contributed by atoms with van der Waals surface area (Å²) in [5.74, 6) is -0.0865. The van der Waals surface area contributed by atoms with Gasteiger partial charge >= 0.3 is 0 Å². The lowest BCUT2D eigenvalue weighted by Crippen LogP contribution is -2.40. The zero-order chi connectivity index (χ0) is 20.2. The third kappa shape index (κ3) is 6.26. The van der Waals surface area contributed by atoms with Crippen LogP contribution in [0, 0.1) is 11.2 Å². The van der Waals surface area contributed by atoms with Crippen molar-refractivity contribution in [3.63, 3.8) is 0 Å². The van der Waals surface area contributed by atoms with E-state index in [1.54, 1.807) is 0 Å². The lowest BCUT2D eigenvalue weighted by Gasteiger charge is -2.32. The summed E-state index contributed by atoms with van der Waals surface area (Å²) in [4.78, 5) is 4.22. The molecule has 0 aliphatic carbocycles. The number of nitrogens with zero attached hydrogens (tertiary/aromatic N) is 3. The summed E-state index contributed by atoms with van der Waals surface area (Å²) in [5, 5.41) is 20.2. The Morgan fingerprint density at radius 2 is 2.04 bits per heavy atom. The van der Waals surface area contributed by atoms with Crippen molar-refractivity contribution in [2.24, 2.45) is 16.1 Å². The van der Waals surface area contributed by atoms with Gasteiger partial charge in [-0.25, -0.2) is 14.0 Å². The molecule has 0 aliphatic heterocycles. The fourth-order valence-corrected chi connectivity index (χ4v) is 3.26. The molecule has 8 nitrogen and oxygen atoms in total. The molecule has 1 heterocycles. The molecular formula is C17H24BrFN6O2. The van der Waals surface area contributed by atoms with Crippen LogP contribution in [0.1, 0.15) is 39.8 Å². The summed E-state index contributed by atoms with van der Waals surface area (Å²) in [6.07, 6.45) is 0.774. The van der Waals surface area contributed by atoms with E-state index in [2.05, 4.69) is 50.4 Å². The van der Waals surface area contributed by atoms with Crippen LogP contribution in [0.4, 0.5) is 15.9 Å². The number of aliphatic imine (C=N–C) groups is 1. The molecule has 0 aliphatic rings. The Morgan fingerprint density at radius 1 is 1.33 bits per heavy atom. The van der Waals surface area contributed by atoms with Gasteiger partial charge in [0.25, 0.3) is 0 Å². The van der Waals surface area contributed by atoms with E-state index in [-0.39, 0.29) is 27.0 Å². The van der Waals surface area contributed by atoms with Crippen LogP contribution in [0.25, 0.3) is 0 Å². The third-order valence-electron chi connectivity index (χ3n) is 3.63. The zero-order valence-electron chi connectivity index (χ0n) is 15.7. The molecular weight excluding hydrogens is 419 g/mol. The van der Waals surface area contributed by atoms with Crippen molar-refractivity contribution in [3.05, 3.63) is 34.2 Å². The summed E-state index contributed by atoms with van der Waals surface area (Å²) < 4.78 is 18.4. The largest absolute Gasteiger partial charge is 0.365 e. The van der Waals surface area contributed by atoms with Gasteiger partial charge in [0.15, 0.2) is 11.5 Å². The summed E-state index contributed by atoms with van der Waals surface area (Å²) in [5.41, 5.74) is 8.25. The molecule has 10 heteroatoms. The number of halogens is 2. The van der Waals surface area contributed by atoms with Gasteiger partial charge in [-0.1, -0.05) is 13.8 Å². The van der Waals surface area contributed by atoms with Gasteiger partial charge in [-0.15, -0.1) is 0 Å². The smallest absolute Gasteiger partial charge is 0.202 e. The number of aromatic nitrogens is 2.